The Morgan fingerprint density at radius 1 is 1.03 bits per heavy atom. The number of hydrogen-bond donors (Lipinski definition) is 0. The molecule has 174 valence electrons. The molecule has 3 aromatic carbocycles. The number of ether oxygens (including phenoxy) is 1. The van der Waals surface area contributed by atoms with Gasteiger partial charge < -0.3 is 9.64 Å². The van der Waals surface area contributed by atoms with Gasteiger partial charge >= 0.3 is 0 Å². The Morgan fingerprint density at radius 3 is 2.50 bits per heavy atom. The van der Waals surface area contributed by atoms with Gasteiger partial charge in [0.15, 0.2) is 0 Å². The number of aromatic nitrogens is 2. The second-order valence-electron chi connectivity index (χ2n) is 8.47. The van der Waals surface area contributed by atoms with Gasteiger partial charge in [0.1, 0.15) is 11.6 Å². The summed E-state index contributed by atoms with van der Waals surface area (Å²) in [6.45, 7) is 6.05. The van der Waals surface area contributed by atoms with Gasteiger partial charge in [0.25, 0.3) is 11.5 Å². The predicted molar refractivity (Wildman–Crippen MR) is 135 cm³/mol. The molecule has 4 rings (SSSR count). The number of aryl methyl sites for hydroxylation is 2. The Balaban J connectivity index is 1.90. The first-order valence-electron chi connectivity index (χ1n) is 11.4. The van der Waals surface area contributed by atoms with E-state index in [-0.39, 0.29) is 11.5 Å². The highest BCUT2D eigenvalue weighted by atomic mass is 16.5. The number of nitrogens with zero attached hydrogens (tertiary/aromatic N) is 3. The van der Waals surface area contributed by atoms with Crippen molar-refractivity contribution in [1.29, 1.82) is 0 Å². The molecule has 6 heteroatoms. The van der Waals surface area contributed by atoms with Crippen molar-refractivity contribution < 1.29 is 9.53 Å². The van der Waals surface area contributed by atoms with Gasteiger partial charge in [0, 0.05) is 12.6 Å². The molecule has 0 aliphatic heterocycles. The third kappa shape index (κ3) is 4.19. The number of benzene rings is 3. The van der Waals surface area contributed by atoms with E-state index in [0.717, 1.165) is 16.8 Å². The van der Waals surface area contributed by atoms with Crippen LogP contribution in [0.5, 0.6) is 5.75 Å². The van der Waals surface area contributed by atoms with Gasteiger partial charge in [-0.25, -0.2) is 4.98 Å². The molecule has 0 aliphatic rings. The van der Waals surface area contributed by atoms with Gasteiger partial charge in [-0.1, -0.05) is 31.2 Å². The van der Waals surface area contributed by atoms with Crippen molar-refractivity contribution in [3.8, 4) is 11.4 Å². The van der Waals surface area contributed by atoms with E-state index >= 15 is 0 Å². The van der Waals surface area contributed by atoms with E-state index in [4.69, 9.17) is 9.72 Å². The van der Waals surface area contributed by atoms with Crippen LogP contribution >= 0.6 is 0 Å². The zero-order chi connectivity index (χ0) is 24.4. The Kier molecular flexibility index (Phi) is 6.50. The highest BCUT2D eigenvalue weighted by Gasteiger charge is 2.27. The second-order valence-corrected chi connectivity index (χ2v) is 8.47. The molecule has 1 amide bonds. The molecule has 0 N–H and O–H groups in total. The average molecular weight is 456 g/mol. The number of hydrogen-bond acceptors (Lipinski definition) is 4. The minimum Gasteiger partial charge on any atom is -0.497 e. The van der Waals surface area contributed by atoms with Crippen LogP contribution < -0.4 is 10.3 Å². The molecular weight excluding hydrogens is 426 g/mol. The molecule has 34 heavy (non-hydrogen) atoms. The summed E-state index contributed by atoms with van der Waals surface area (Å²) in [5, 5.41) is 0.543. The molecule has 0 aliphatic carbocycles. The number of amides is 1. The number of carbonyl (C=O) groups is 1. The van der Waals surface area contributed by atoms with Crippen LogP contribution in [0.3, 0.4) is 0 Å². The van der Waals surface area contributed by atoms with E-state index < -0.39 is 6.04 Å². The summed E-state index contributed by atoms with van der Waals surface area (Å²) in [4.78, 5) is 33.7. The van der Waals surface area contributed by atoms with Gasteiger partial charge in [-0.05, 0) is 73.9 Å². The highest BCUT2D eigenvalue weighted by molar-refractivity contribution is 5.94. The number of fused-ring (bicyclic) bond motifs is 1. The SMILES string of the molecule is CCC(c1nc2ccccc2c(=O)n1-c1ccc(C)c(C)c1)N(C)C(=O)c1cccc(OC)c1. The van der Waals surface area contributed by atoms with E-state index in [1.807, 2.05) is 57.2 Å². The van der Waals surface area contributed by atoms with Crippen molar-refractivity contribution >= 4 is 16.8 Å². The highest BCUT2D eigenvalue weighted by Crippen LogP contribution is 2.27. The minimum absolute atomic E-state index is 0.149. The maximum Gasteiger partial charge on any atom is 0.266 e. The zero-order valence-electron chi connectivity index (χ0n) is 20.2. The first-order chi connectivity index (χ1) is 16.3. The van der Waals surface area contributed by atoms with Crippen molar-refractivity contribution in [2.24, 2.45) is 0 Å². The average Bonchev–Trinajstić information content (AvgIpc) is 2.86. The normalized spacial score (nSPS) is 11.9. The van der Waals surface area contributed by atoms with Crippen LogP contribution in [0.2, 0.25) is 0 Å². The number of carbonyl (C=O) groups excluding carboxylic acids is 1. The molecule has 0 saturated carbocycles. The molecule has 0 fully saturated rings. The lowest BCUT2D eigenvalue weighted by atomic mass is 10.1. The lowest BCUT2D eigenvalue weighted by molar-refractivity contribution is 0.0716. The largest absolute Gasteiger partial charge is 0.497 e. The molecular formula is C28H29N3O3. The molecule has 1 unspecified atom stereocenters. The van der Waals surface area contributed by atoms with Crippen molar-refractivity contribution in [1.82, 2.24) is 14.5 Å². The number of methoxy groups -OCH3 is 1. The van der Waals surface area contributed by atoms with E-state index in [2.05, 4.69) is 0 Å². The fraction of sp³-hybridized carbons (Fsp3) is 0.250. The predicted octanol–water partition coefficient (Wildman–Crippen LogP) is 5.23. The summed E-state index contributed by atoms with van der Waals surface area (Å²) in [6, 6.07) is 19.9. The molecule has 1 aromatic heterocycles. The third-order valence-corrected chi connectivity index (χ3v) is 6.34. The minimum atomic E-state index is -0.419. The Morgan fingerprint density at radius 2 is 1.79 bits per heavy atom. The van der Waals surface area contributed by atoms with Crippen molar-refractivity contribution in [3.05, 3.63) is 99.6 Å². The third-order valence-electron chi connectivity index (χ3n) is 6.34. The van der Waals surface area contributed by atoms with Crippen LogP contribution in [0.15, 0.2) is 71.5 Å². The van der Waals surface area contributed by atoms with Crippen LogP contribution in [-0.4, -0.2) is 34.5 Å². The molecule has 1 atom stereocenters. The first kappa shape index (κ1) is 23.2. The van der Waals surface area contributed by atoms with Crippen LogP contribution in [-0.2, 0) is 0 Å². The lowest BCUT2D eigenvalue weighted by Gasteiger charge is -2.29. The smallest absolute Gasteiger partial charge is 0.266 e. The maximum absolute atomic E-state index is 13.7. The van der Waals surface area contributed by atoms with Crippen molar-refractivity contribution in [3.63, 3.8) is 0 Å². The van der Waals surface area contributed by atoms with Gasteiger partial charge in [0.05, 0.1) is 29.7 Å². The summed E-state index contributed by atoms with van der Waals surface area (Å²) < 4.78 is 6.94. The molecule has 0 saturated heterocycles. The summed E-state index contributed by atoms with van der Waals surface area (Å²) in [6.07, 6.45) is 0.585. The molecule has 1 heterocycles. The van der Waals surface area contributed by atoms with Crippen molar-refractivity contribution in [2.75, 3.05) is 14.2 Å². The summed E-state index contributed by atoms with van der Waals surface area (Å²) >= 11 is 0. The number of para-hydroxylation sites is 1. The van der Waals surface area contributed by atoms with Gasteiger partial charge in [0.2, 0.25) is 0 Å². The van der Waals surface area contributed by atoms with Gasteiger partial charge in [-0.15, -0.1) is 0 Å². The van der Waals surface area contributed by atoms with Crippen LogP contribution in [0.25, 0.3) is 16.6 Å². The van der Waals surface area contributed by atoms with E-state index in [0.29, 0.717) is 34.5 Å². The summed E-state index contributed by atoms with van der Waals surface area (Å²) in [5.41, 5.74) is 3.94. The van der Waals surface area contributed by atoms with Gasteiger partial charge in [-0.2, -0.15) is 0 Å². The van der Waals surface area contributed by atoms with Crippen LogP contribution in [0.4, 0.5) is 0 Å². The molecule has 0 radical (unpaired) electrons. The monoisotopic (exact) mass is 455 g/mol. The molecule has 0 spiro atoms. The first-order valence-corrected chi connectivity index (χ1v) is 11.4. The van der Waals surface area contributed by atoms with Gasteiger partial charge in [-0.3, -0.25) is 14.2 Å². The van der Waals surface area contributed by atoms with E-state index in [9.17, 15) is 9.59 Å². The van der Waals surface area contributed by atoms with E-state index in [1.165, 1.54) is 0 Å². The van der Waals surface area contributed by atoms with Crippen LogP contribution in [0.1, 0.15) is 46.7 Å². The fourth-order valence-electron chi connectivity index (χ4n) is 4.22. The molecule has 6 nitrogen and oxygen atoms in total. The van der Waals surface area contributed by atoms with E-state index in [1.54, 1.807) is 54.0 Å². The zero-order valence-corrected chi connectivity index (χ0v) is 20.2. The molecule has 0 bridgehead atoms. The standard InChI is InChI=1S/C28H29N3O3/c1-6-25(30(4)27(32)20-10-9-11-22(17-20)34-5)26-29-24-13-8-7-12-23(24)28(33)31(26)21-15-14-18(2)19(3)16-21/h7-17,25H,6H2,1-5H3. The summed E-state index contributed by atoms with van der Waals surface area (Å²) in [7, 11) is 3.32. The van der Waals surface area contributed by atoms with Crippen molar-refractivity contribution in [2.45, 2.75) is 33.2 Å². The fourth-order valence-corrected chi connectivity index (χ4v) is 4.22. The summed E-state index contributed by atoms with van der Waals surface area (Å²) in [5.74, 6) is 0.983. The Labute approximate surface area is 199 Å². The lowest BCUT2D eigenvalue weighted by Crippen LogP contribution is -2.36. The molecule has 4 aromatic rings. The Hall–Kier alpha value is -3.93. The second kappa shape index (κ2) is 9.51. The Bertz CT molecular complexity index is 1420. The topological polar surface area (TPSA) is 64.4 Å². The number of rotatable bonds is 6. The van der Waals surface area contributed by atoms with Crippen LogP contribution in [0, 0.1) is 13.8 Å². The maximum atomic E-state index is 13.7. The quantitative estimate of drug-likeness (QED) is 0.399.